The molecule has 15 heavy (non-hydrogen) atoms. The number of β-amino-alcohol motifs (C(OH)–C–C–N with tert-alkyl or cyclic N) is 1. The van der Waals surface area contributed by atoms with Crippen LogP contribution in [-0.4, -0.2) is 51.5 Å². The lowest BCUT2D eigenvalue weighted by molar-refractivity contribution is 0.166. The fourth-order valence-electron chi connectivity index (χ4n) is 1.57. The number of thiocarbonyl (C=S) groups is 1. The van der Waals surface area contributed by atoms with Crippen molar-refractivity contribution in [1.29, 1.82) is 0 Å². The topological polar surface area (TPSA) is 26.7 Å². The summed E-state index contributed by atoms with van der Waals surface area (Å²) >= 11 is 7.02. The van der Waals surface area contributed by atoms with E-state index in [-0.39, 0.29) is 6.61 Å². The van der Waals surface area contributed by atoms with Gasteiger partial charge in [-0.3, -0.25) is 4.90 Å². The first-order valence-electron chi connectivity index (χ1n) is 5.53. The van der Waals surface area contributed by atoms with Crippen molar-refractivity contribution in [2.24, 2.45) is 0 Å². The van der Waals surface area contributed by atoms with E-state index in [0.717, 1.165) is 30.0 Å². The fourth-order valence-corrected chi connectivity index (χ4v) is 2.71. The molecule has 3 nitrogen and oxygen atoms in total. The van der Waals surface area contributed by atoms with Crippen LogP contribution >= 0.6 is 24.0 Å². The van der Waals surface area contributed by atoms with E-state index in [1.165, 1.54) is 19.3 Å². The zero-order valence-corrected chi connectivity index (χ0v) is 10.9. The standard InChI is InChI=1S/C10H20N2OS2/c1-2-3-4-5-12-8-11(6-7-13)9-15-10(12)14/h13H,2-9H2,1H3. The van der Waals surface area contributed by atoms with Gasteiger partial charge in [0.05, 0.1) is 19.2 Å². The molecule has 0 amide bonds. The minimum atomic E-state index is 0.232. The Hall–Kier alpha value is 0.160. The summed E-state index contributed by atoms with van der Waals surface area (Å²) in [6, 6.07) is 0. The Morgan fingerprint density at radius 2 is 2.20 bits per heavy atom. The lowest BCUT2D eigenvalue weighted by atomic mass is 10.2. The number of unbranched alkanes of at least 4 members (excludes halogenated alkanes) is 2. The Kier molecular flexibility index (Phi) is 6.56. The molecule has 1 aliphatic rings. The van der Waals surface area contributed by atoms with E-state index in [2.05, 4.69) is 16.7 Å². The number of thioether (sulfide) groups is 1. The van der Waals surface area contributed by atoms with Gasteiger partial charge in [-0.2, -0.15) is 0 Å². The van der Waals surface area contributed by atoms with Gasteiger partial charge < -0.3 is 10.0 Å². The van der Waals surface area contributed by atoms with Gasteiger partial charge in [-0.05, 0) is 6.42 Å². The fraction of sp³-hybridized carbons (Fsp3) is 0.900. The second-order valence-electron chi connectivity index (χ2n) is 3.77. The molecule has 0 unspecified atom stereocenters. The molecular weight excluding hydrogens is 228 g/mol. The van der Waals surface area contributed by atoms with Crippen molar-refractivity contribution in [3.8, 4) is 0 Å². The molecule has 0 aromatic carbocycles. The zero-order valence-electron chi connectivity index (χ0n) is 9.31. The van der Waals surface area contributed by atoms with Crippen molar-refractivity contribution >= 4 is 28.3 Å². The molecule has 5 heteroatoms. The summed E-state index contributed by atoms with van der Waals surface area (Å²) < 4.78 is 1.01. The third-order valence-corrected chi connectivity index (χ3v) is 4.06. The highest BCUT2D eigenvalue weighted by molar-refractivity contribution is 8.22. The normalized spacial score (nSPS) is 18.5. The van der Waals surface area contributed by atoms with Crippen molar-refractivity contribution in [1.82, 2.24) is 9.80 Å². The van der Waals surface area contributed by atoms with Gasteiger partial charge in [0.25, 0.3) is 0 Å². The highest BCUT2D eigenvalue weighted by Gasteiger charge is 2.20. The van der Waals surface area contributed by atoms with Crippen molar-refractivity contribution in [2.45, 2.75) is 26.2 Å². The zero-order chi connectivity index (χ0) is 11.1. The number of aliphatic hydroxyl groups excluding tert-OH is 1. The Morgan fingerprint density at radius 1 is 1.40 bits per heavy atom. The maximum absolute atomic E-state index is 8.88. The summed E-state index contributed by atoms with van der Waals surface area (Å²) in [5.74, 6) is 0.920. The molecule has 0 bridgehead atoms. The summed E-state index contributed by atoms with van der Waals surface area (Å²) in [7, 11) is 0. The minimum absolute atomic E-state index is 0.232. The van der Waals surface area contributed by atoms with Gasteiger partial charge in [0, 0.05) is 13.1 Å². The highest BCUT2D eigenvalue weighted by atomic mass is 32.2. The first-order valence-corrected chi connectivity index (χ1v) is 6.92. The van der Waals surface area contributed by atoms with E-state index < -0.39 is 0 Å². The largest absolute Gasteiger partial charge is 0.395 e. The number of aliphatic hydroxyl groups is 1. The van der Waals surface area contributed by atoms with Crippen molar-refractivity contribution in [2.75, 3.05) is 32.2 Å². The van der Waals surface area contributed by atoms with Crippen LogP contribution in [0, 0.1) is 0 Å². The molecule has 1 rings (SSSR count). The molecule has 1 N–H and O–H groups in total. The van der Waals surface area contributed by atoms with E-state index in [1.807, 2.05) is 0 Å². The van der Waals surface area contributed by atoms with Gasteiger partial charge in [-0.1, -0.05) is 43.7 Å². The molecule has 0 atom stereocenters. The first-order chi connectivity index (χ1) is 7.27. The molecule has 88 valence electrons. The second-order valence-corrected chi connectivity index (χ2v) is 5.35. The van der Waals surface area contributed by atoms with Crippen molar-refractivity contribution in [3.05, 3.63) is 0 Å². The summed E-state index contributed by atoms with van der Waals surface area (Å²) in [5, 5.41) is 8.88. The van der Waals surface area contributed by atoms with Gasteiger partial charge in [0.1, 0.15) is 4.32 Å². The average Bonchev–Trinajstić information content (AvgIpc) is 2.23. The summed E-state index contributed by atoms with van der Waals surface area (Å²) in [6.07, 6.45) is 3.72. The Balaban J connectivity index is 2.29. The number of nitrogens with zero attached hydrogens (tertiary/aromatic N) is 2. The van der Waals surface area contributed by atoms with Crippen LogP contribution < -0.4 is 0 Å². The summed E-state index contributed by atoms with van der Waals surface area (Å²) in [5.41, 5.74) is 0. The van der Waals surface area contributed by atoms with E-state index in [9.17, 15) is 0 Å². The van der Waals surface area contributed by atoms with E-state index in [0.29, 0.717) is 0 Å². The molecule has 1 fully saturated rings. The Labute approximate surface area is 102 Å². The first kappa shape index (κ1) is 13.2. The lowest BCUT2D eigenvalue weighted by Gasteiger charge is -2.36. The molecule has 0 aromatic rings. The van der Waals surface area contributed by atoms with Gasteiger partial charge >= 0.3 is 0 Å². The molecule has 0 aromatic heterocycles. The second kappa shape index (κ2) is 7.44. The van der Waals surface area contributed by atoms with Crippen LogP contribution in [0.25, 0.3) is 0 Å². The molecule has 0 aliphatic carbocycles. The van der Waals surface area contributed by atoms with Crippen LogP contribution in [0.5, 0.6) is 0 Å². The monoisotopic (exact) mass is 248 g/mol. The summed E-state index contributed by atoms with van der Waals surface area (Å²) in [6.45, 7) is 5.13. The maximum Gasteiger partial charge on any atom is 0.138 e. The molecule has 0 saturated carbocycles. The van der Waals surface area contributed by atoms with Gasteiger partial charge in [-0.15, -0.1) is 0 Å². The van der Waals surface area contributed by atoms with Crippen LogP contribution in [-0.2, 0) is 0 Å². The van der Waals surface area contributed by atoms with Crippen LogP contribution in [0.3, 0.4) is 0 Å². The van der Waals surface area contributed by atoms with Crippen LogP contribution in [0.2, 0.25) is 0 Å². The molecule has 1 aliphatic heterocycles. The maximum atomic E-state index is 8.88. The van der Waals surface area contributed by atoms with Crippen molar-refractivity contribution in [3.63, 3.8) is 0 Å². The predicted octanol–water partition coefficient (Wildman–Crippen LogP) is 1.72. The van der Waals surface area contributed by atoms with Crippen LogP contribution in [0.4, 0.5) is 0 Å². The molecule has 0 spiro atoms. The van der Waals surface area contributed by atoms with Crippen LogP contribution in [0.1, 0.15) is 26.2 Å². The van der Waals surface area contributed by atoms with E-state index in [1.54, 1.807) is 11.8 Å². The van der Waals surface area contributed by atoms with E-state index >= 15 is 0 Å². The van der Waals surface area contributed by atoms with Gasteiger partial charge in [-0.25, -0.2) is 0 Å². The highest BCUT2D eigenvalue weighted by Crippen LogP contribution is 2.18. The molecule has 1 heterocycles. The molecule has 1 saturated heterocycles. The lowest BCUT2D eigenvalue weighted by Crippen LogP contribution is -2.45. The number of hydrogen-bond donors (Lipinski definition) is 1. The summed E-state index contributed by atoms with van der Waals surface area (Å²) in [4.78, 5) is 4.47. The Bertz CT molecular complexity index is 202. The number of rotatable bonds is 6. The SMILES string of the molecule is CCCCCN1CN(CCO)CSC1=S. The third kappa shape index (κ3) is 4.68. The van der Waals surface area contributed by atoms with Crippen molar-refractivity contribution < 1.29 is 5.11 Å². The number of hydrogen-bond acceptors (Lipinski definition) is 4. The smallest absolute Gasteiger partial charge is 0.138 e. The van der Waals surface area contributed by atoms with E-state index in [4.69, 9.17) is 17.3 Å². The average molecular weight is 248 g/mol. The predicted molar refractivity (Wildman–Crippen MR) is 69.9 cm³/mol. The van der Waals surface area contributed by atoms with Crippen LogP contribution in [0.15, 0.2) is 0 Å². The minimum Gasteiger partial charge on any atom is -0.395 e. The Morgan fingerprint density at radius 3 is 2.87 bits per heavy atom. The third-order valence-electron chi connectivity index (χ3n) is 2.45. The quantitative estimate of drug-likeness (QED) is 0.570. The molecular formula is C10H20N2OS2. The van der Waals surface area contributed by atoms with Gasteiger partial charge in [0.15, 0.2) is 0 Å². The molecule has 0 radical (unpaired) electrons. The van der Waals surface area contributed by atoms with Gasteiger partial charge in [0.2, 0.25) is 0 Å².